The molecule has 0 fully saturated rings. The smallest absolute Gasteiger partial charge is 0.319 e. The molecule has 0 unspecified atom stereocenters. The van der Waals surface area contributed by atoms with Crippen LogP contribution in [0.1, 0.15) is 33.5 Å². The minimum absolute atomic E-state index is 0.293. The zero-order valence-electron chi connectivity index (χ0n) is 12.2. The number of fused-ring (bicyclic) bond motifs is 1. The van der Waals surface area contributed by atoms with Gasteiger partial charge in [-0.2, -0.15) is 0 Å². The number of rotatable bonds is 4. The Hall–Kier alpha value is -1.91. The fraction of sp³-hybridized carbons (Fsp3) is 0.467. The van der Waals surface area contributed by atoms with Gasteiger partial charge >= 0.3 is 5.97 Å². The lowest BCUT2D eigenvalue weighted by atomic mass is 9.92. The first-order valence-corrected chi connectivity index (χ1v) is 6.75. The van der Waals surface area contributed by atoms with Crippen LogP contribution in [-0.2, 0) is 21.5 Å². The van der Waals surface area contributed by atoms with Crippen LogP contribution in [0.2, 0.25) is 0 Å². The molecule has 0 spiro atoms. The highest BCUT2D eigenvalue weighted by atomic mass is 19.1. The minimum atomic E-state index is -0.919. The highest BCUT2D eigenvalue weighted by molar-refractivity contribution is 5.84. The summed E-state index contributed by atoms with van der Waals surface area (Å²) in [7, 11) is 0. The van der Waals surface area contributed by atoms with Crippen molar-refractivity contribution < 1.29 is 13.9 Å². The quantitative estimate of drug-likeness (QED) is 0.807. The molecule has 5 heteroatoms. The second kappa shape index (κ2) is 5.23. The molecule has 0 saturated carbocycles. The fourth-order valence-electron chi connectivity index (χ4n) is 2.31. The number of benzene rings is 1. The van der Waals surface area contributed by atoms with Crippen molar-refractivity contribution in [2.75, 3.05) is 6.61 Å². The van der Waals surface area contributed by atoms with E-state index in [1.54, 1.807) is 32.9 Å². The Kier molecular flexibility index (Phi) is 3.79. The lowest BCUT2D eigenvalue weighted by Crippen LogP contribution is -2.34. The summed E-state index contributed by atoms with van der Waals surface area (Å²) in [5, 5.41) is 0. The molecule has 0 bridgehead atoms. The van der Waals surface area contributed by atoms with Gasteiger partial charge in [-0.3, -0.25) is 4.79 Å². The molecule has 0 aliphatic carbocycles. The number of halogens is 1. The van der Waals surface area contributed by atoms with Crippen LogP contribution in [-0.4, -0.2) is 22.1 Å². The summed E-state index contributed by atoms with van der Waals surface area (Å²) in [6.07, 6.45) is 0. The molecule has 0 radical (unpaired) electrons. The summed E-state index contributed by atoms with van der Waals surface area (Å²) in [6.45, 7) is 8.11. The van der Waals surface area contributed by atoms with E-state index in [1.165, 1.54) is 6.07 Å². The molecular formula is C15H19FN2O2. The number of ether oxygens (including phenoxy) is 1. The summed E-state index contributed by atoms with van der Waals surface area (Å²) < 4.78 is 20.8. The summed E-state index contributed by atoms with van der Waals surface area (Å²) in [5.41, 5.74) is 0.0684. The highest BCUT2D eigenvalue weighted by Crippen LogP contribution is 2.29. The highest BCUT2D eigenvalue weighted by Gasteiger charge is 2.36. The number of carbonyl (C=O) groups is 1. The Morgan fingerprint density at radius 1 is 1.40 bits per heavy atom. The number of hydrogen-bond donors (Lipinski definition) is 0. The van der Waals surface area contributed by atoms with Crippen molar-refractivity contribution >= 4 is 17.0 Å². The van der Waals surface area contributed by atoms with Gasteiger partial charge < -0.3 is 9.30 Å². The van der Waals surface area contributed by atoms with E-state index in [0.717, 1.165) is 0 Å². The number of hydrogen-bond acceptors (Lipinski definition) is 3. The Balaban J connectivity index is 2.65. The molecule has 0 amide bonds. The van der Waals surface area contributed by atoms with Crippen LogP contribution in [0.3, 0.4) is 0 Å². The molecule has 20 heavy (non-hydrogen) atoms. The van der Waals surface area contributed by atoms with E-state index in [4.69, 9.17) is 4.74 Å². The van der Waals surface area contributed by atoms with Gasteiger partial charge in [-0.05, 0) is 39.8 Å². The largest absolute Gasteiger partial charge is 0.465 e. The van der Waals surface area contributed by atoms with Gasteiger partial charge in [0.25, 0.3) is 0 Å². The van der Waals surface area contributed by atoms with Crippen molar-refractivity contribution in [1.29, 1.82) is 0 Å². The molecular weight excluding hydrogens is 259 g/mol. The van der Waals surface area contributed by atoms with E-state index < -0.39 is 5.41 Å². The SMILES string of the molecule is CCOC(=O)C(C)(C)c1nc2c(F)cccc2n1CC. The van der Waals surface area contributed by atoms with Crippen LogP contribution in [0.15, 0.2) is 18.2 Å². The number of esters is 1. The third kappa shape index (κ3) is 2.17. The van der Waals surface area contributed by atoms with Crippen LogP contribution in [0, 0.1) is 5.82 Å². The normalized spacial score (nSPS) is 11.8. The van der Waals surface area contributed by atoms with Gasteiger partial charge in [-0.1, -0.05) is 6.07 Å². The van der Waals surface area contributed by atoms with E-state index in [0.29, 0.717) is 30.0 Å². The summed E-state index contributed by atoms with van der Waals surface area (Å²) in [6, 6.07) is 4.82. The second-order valence-electron chi connectivity index (χ2n) is 5.13. The topological polar surface area (TPSA) is 44.1 Å². The molecule has 0 aliphatic rings. The maximum Gasteiger partial charge on any atom is 0.319 e. The first-order valence-electron chi connectivity index (χ1n) is 6.75. The lowest BCUT2D eigenvalue weighted by molar-refractivity contribution is -0.149. The predicted molar refractivity (Wildman–Crippen MR) is 75.0 cm³/mol. The molecule has 0 N–H and O–H groups in total. The number of carbonyl (C=O) groups excluding carboxylic acids is 1. The first-order chi connectivity index (χ1) is 9.43. The van der Waals surface area contributed by atoms with E-state index in [1.807, 2.05) is 11.5 Å². The van der Waals surface area contributed by atoms with Crippen molar-refractivity contribution in [1.82, 2.24) is 9.55 Å². The number of aromatic nitrogens is 2. The minimum Gasteiger partial charge on any atom is -0.465 e. The summed E-state index contributed by atoms with van der Waals surface area (Å²) in [5.74, 6) is -0.209. The molecule has 108 valence electrons. The molecule has 0 aliphatic heterocycles. The third-order valence-electron chi connectivity index (χ3n) is 3.39. The lowest BCUT2D eigenvalue weighted by Gasteiger charge is -2.22. The molecule has 2 rings (SSSR count). The van der Waals surface area contributed by atoms with Gasteiger partial charge in [0.05, 0.1) is 12.1 Å². The van der Waals surface area contributed by atoms with E-state index in [2.05, 4.69) is 4.98 Å². The maximum atomic E-state index is 13.9. The first kappa shape index (κ1) is 14.5. The molecule has 4 nitrogen and oxygen atoms in total. The summed E-state index contributed by atoms with van der Waals surface area (Å²) in [4.78, 5) is 16.5. The van der Waals surface area contributed by atoms with Crippen LogP contribution in [0.5, 0.6) is 0 Å². The van der Waals surface area contributed by atoms with Gasteiger partial charge in [0.1, 0.15) is 16.8 Å². The van der Waals surface area contributed by atoms with Crippen molar-refractivity contribution in [3.8, 4) is 0 Å². The third-order valence-corrected chi connectivity index (χ3v) is 3.39. The average molecular weight is 278 g/mol. The molecule has 0 saturated heterocycles. The zero-order valence-corrected chi connectivity index (χ0v) is 12.2. The average Bonchev–Trinajstić information content (AvgIpc) is 2.79. The van der Waals surface area contributed by atoms with Gasteiger partial charge in [-0.25, -0.2) is 9.37 Å². The van der Waals surface area contributed by atoms with Crippen LogP contribution in [0.25, 0.3) is 11.0 Å². The molecule has 0 atom stereocenters. The van der Waals surface area contributed by atoms with E-state index in [9.17, 15) is 9.18 Å². The molecule has 1 aromatic carbocycles. The van der Waals surface area contributed by atoms with Gasteiger partial charge in [0, 0.05) is 6.54 Å². The van der Waals surface area contributed by atoms with Crippen molar-refractivity contribution in [2.45, 2.75) is 39.7 Å². The maximum absolute atomic E-state index is 13.9. The Morgan fingerprint density at radius 3 is 2.70 bits per heavy atom. The summed E-state index contributed by atoms with van der Waals surface area (Å²) >= 11 is 0. The van der Waals surface area contributed by atoms with Crippen molar-refractivity contribution in [3.05, 3.63) is 29.8 Å². The van der Waals surface area contributed by atoms with Crippen LogP contribution >= 0.6 is 0 Å². The molecule has 1 heterocycles. The van der Waals surface area contributed by atoms with Gasteiger partial charge in [-0.15, -0.1) is 0 Å². The predicted octanol–water partition coefficient (Wildman–Crippen LogP) is 3.04. The van der Waals surface area contributed by atoms with Crippen molar-refractivity contribution in [3.63, 3.8) is 0 Å². The van der Waals surface area contributed by atoms with Crippen LogP contribution < -0.4 is 0 Å². The van der Waals surface area contributed by atoms with E-state index in [-0.39, 0.29) is 11.8 Å². The Bertz CT molecular complexity index is 647. The van der Waals surface area contributed by atoms with Gasteiger partial charge in [0.2, 0.25) is 0 Å². The Morgan fingerprint density at radius 2 is 2.10 bits per heavy atom. The number of aryl methyl sites for hydroxylation is 1. The van der Waals surface area contributed by atoms with Crippen LogP contribution in [0.4, 0.5) is 4.39 Å². The van der Waals surface area contributed by atoms with Crippen molar-refractivity contribution in [2.24, 2.45) is 0 Å². The molecule has 1 aromatic heterocycles. The fourth-order valence-corrected chi connectivity index (χ4v) is 2.31. The molecule has 2 aromatic rings. The van der Waals surface area contributed by atoms with E-state index >= 15 is 0 Å². The number of nitrogens with zero attached hydrogens (tertiary/aromatic N) is 2. The monoisotopic (exact) mass is 278 g/mol. The van der Waals surface area contributed by atoms with Gasteiger partial charge in [0.15, 0.2) is 5.82 Å². The second-order valence-corrected chi connectivity index (χ2v) is 5.13. The zero-order chi connectivity index (χ0) is 14.9. The number of para-hydroxylation sites is 1. The standard InChI is InChI=1S/C15H19FN2O2/c1-5-18-11-9-7-8-10(16)12(11)17-13(18)15(3,4)14(19)20-6-2/h7-9H,5-6H2,1-4H3. The number of imidazole rings is 1. The Labute approximate surface area is 117 Å².